The Bertz CT molecular complexity index is 1830. The summed E-state index contributed by atoms with van der Waals surface area (Å²) >= 11 is 0. The van der Waals surface area contributed by atoms with E-state index in [0.29, 0.717) is 39.0 Å². The number of carbonyl (C=O) groups is 4. The lowest BCUT2D eigenvalue weighted by atomic mass is 9.74. The number of amides is 2. The summed E-state index contributed by atoms with van der Waals surface area (Å²) in [5, 5.41) is 0. The smallest absolute Gasteiger partial charge is 0.412 e. The molecule has 3 heterocycles. The number of Topliss-reactive ketones (excluding diaryl/α,β-unsaturated/α-hetero) is 1. The van der Waals surface area contributed by atoms with Crippen molar-refractivity contribution in [3.63, 3.8) is 0 Å². The van der Waals surface area contributed by atoms with E-state index in [1.807, 2.05) is 72.2 Å². The van der Waals surface area contributed by atoms with Gasteiger partial charge in [0.25, 0.3) is 0 Å². The first kappa shape index (κ1) is 54.8. The topological polar surface area (TPSA) is 146 Å². The van der Waals surface area contributed by atoms with Crippen LogP contribution in [0.2, 0.25) is 25.7 Å². The molecule has 0 spiro atoms. The van der Waals surface area contributed by atoms with Gasteiger partial charge in [-0.2, -0.15) is 0 Å². The molecule has 5 rings (SSSR count). The summed E-state index contributed by atoms with van der Waals surface area (Å²) in [4.78, 5) is 65.1. The van der Waals surface area contributed by atoms with E-state index in [2.05, 4.69) is 50.2 Å². The maximum atomic E-state index is 15.1. The lowest BCUT2D eigenvalue weighted by molar-refractivity contribution is -0.284. The summed E-state index contributed by atoms with van der Waals surface area (Å²) in [5.74, 6) is -2.11. The van der Waals surface area contributed by atoms with Crippen LogP contribution in [0.4, 0.5) is 9.59 Å². The van der Waals surface area contributed by atoms with E-state index in [1.54, 1.807) is 37.7 Å². The van der Waals surface area contributed by atoms with E-state index in [-0.39, 0.29) is 55.2 Å². The Labute approximate surface area is 403 Å². The molecular weight excluding hydrogens is 873 g/mol. The predicted molar refractivity (Wildman–Crippen MR) is 260 cm³/mol. The molecule has 3 saturated heterocycles. The second-order valence-corrected chi connectivity index (χ2v) is 28.3. The lowest BCUT2D eigenvalue weighted by Crippen LogP contribution is -2.61. The molecule has 1 saturated carbocycles. The highest BCUT2D eigenvalue weighted by atomic mass is 28.3. The van der Waals surface area contributed by atoms with Crippen LogP contribution in [0.1, 0.15) is 100.0 Å². The summed E-state index contributed by atoms with van der Waals surface area (Å²) in [6.45, 7) is 25.5. The number of cyclic esters (lactones) is 1. The molecule has 0 aromatic heterocycles. The largest absolute Gasteiger partial charge is 0.457 e. The van der Waals surface area contributed by atoms with Crippen molar-refractivity contribution in [2.45, 2.75) is 187 Å². The van der Waals surface area contributed by atoms with E-state index < -0.39 is 73.3 Å². The van der Waals surface area contributed by atoms with Crippen LogP contribution in [-0.4, -0.2) is 166 Å². The molecule has 2 amide bonds. The van der Waals surface area contributed by atoms with Crippen LogP contribution in [0.15, 0.2) is 30.3 Å². The Morgan fingerprint density at radius 1 is 0.985 bits per heavy atom. The Kier molecular flexibility index (Phi) is 18.3. The number of carbonyl (C=O) groups excluding carboxylic acids is 4. The molecular formula is C51H86N4O11Si. The SMILES string of the molecule is CC[C@H]1OC(=O)C(C)(C)C(=O)[C@H](C)[C@@H](O[C@@H]2O[C@H](CN(C(=O)OCc3ccccc3)C3CC3)CC(N(C)C)[C@H]2C)[C@](C)(OC)C[C@@H](C)CN(C)[C@H](C)[C@H]2N(COCC[Si](C)(C)C)C(=O)O[C@]12C. The van der Waals surface area contributed by atoms with Crippen LogP contribution in [0.3, 0.4) is 0 Å². The van der Waals surface area contributed by atoms with Crippen LogP contribution in [0, 0.1) is 23.2 Å². The van der Waals surface area contributed by atoms with E-state index in [0.717, 1.165) is 24.4 Å². The Morgan fingerprint density at radius 2 is 1.64 bits per heavy atom. The van der Waals surface area contributed by atoms with Gasteiger partial charge in [-0.1, -0.05) is 77.7 Å². The fourth-order valence-electron chi connectivity index (χ4n) is 10.8. The van der Waals surface area contributed by atoms with Gasteiger partial charge in [-0.15, -0.1) is 0 Å². The van der Waals surface area contributed by atoms with Gasteiger partial charge in [-0.25, -0.2) is 9.59 Å². The van der Waals surface area contributed by atoms with Crippen molar-refractivity contribution >= 4 is 32.0 Å². The lowest BCUT2D eigenvalue weighted by Gasteiger charge is -2.48. The van der Waals surface area contributed by atoms with Gasteiger partial charge in [0.15, 0.2) is 17.7 Å². The molecule has 67 heavy (non-hydrogen) atoms. The highest BCUT2D eigenvalue weighted by Gasteiger charge is 2.60. The molecule has 1 aliphatic carbocycles. The maximum Gasteiger partial charge on any atom is 0.412 e. The normalized spacial score (nSPS) is 34.8. The van der Waals surface area contributed by atoms with Gasteiger partial charge in [0.2, 0.25) is 0 Å². The van der Waals surface area contributed by atoms with Crippen LogP contribution in [-0.2, 0) is 49.4 Å². The quantitative estimate of drug-likeness (QED) is 0.0550. The van der Waals surface area contributed by atoms with Crippen molar-refractivity contribution in [1.82, 2.24) is 19.6 Å². The predicted octanol–water partition coefficient (Wildman–Crippen LogP) is 8.06. The number of hydrogen-bond acceptors (Lipinski definition) is 13. The van der Waals surface area contributed by atoms with Crippen LogP contribution in [0.25, 0.3) is 0 Å². The second-order valence-electron chi connectivity index (χ2n) is 22.6. The zero-order valence-electron chi connectivity index (χ0n) is 43.8. The molecule has 1 aromatic carbocycles. The zero-order chi connectivity index (χ0) is 49.8. The third kappa shape index (κ3) is 13.0. The highest BCUT2D eigenvalue weighted by molar-refractivity contribution is 6.76. The van der Waals surface area contributed by atoms with Gasteiger partial charge in [0.05, 0.1) is 30.4 Å². The number of ketones is 1. The van der Waals surface area contributed by atoms with Gasteiger partial charge in [-0.3, -0.25) is 14.5 Å². The van der Waals surface area contributed by atoms with Crippen molar-refractivity contribution in [3.8, 4) is 0 Å². The average Bonchev–Trinajstić information content (AvgIpc) is 4.07. The van der Waals surface area contributed by atoms with E-state index >= 15 is 4.79 Å². The summed E-state index contributed by atoms with van der Waals surface area (Å²) in [6, 6.07) is 9.86. The van der Waals surface area contributed by atoms with Crippen molar-refractivity contribution in [2.24, 2.45) is 23.2 Å². The minimum atomic E-state index is -1.63. The van der Waals surface area contributed by atoms with Crippen molar-refractivity contribution < 1.29 is 52.3 Å². The molecule has 4 fully saturated rings. The number of likely N-dealkylation sites (N-methyl/N-ethyl adjacent to an activating group) is 1. The third-order valence-electron chi connectivity index (χ3n) is 15.2. The number of hydrogen-bond donors (Lipinski definition) is 0. The number of esters is 1. The summed E-state index contributed by atoms with van der Waals surface area (Å²) in [7, 11) is 6.35. The number of benzene rings is 1. The van der Waals surface area contributed by atoms with E-state index in [4.69, 9.17) is 33.2 Å². The minimum absolute atomic E-state index is 0.00418. The summed E-state index contributed by atoms with van der Waals surface area (Å²) in [6.07, 6.45) is -0.573. The molecule has 1 aromatic rings. The molecule has 16 heteroatoms. The van der Waals surface area contributed by atoms with Crippen molar-refractivity contribution in [1.29, 1.82) is 0 Å². The molecule has 0 bridgehead atoms. The first-order valence-electron chi connectivity index (χ1n) is 24.8. The molecule has 0 N–H and O–H groups in total. The number of ether oxygens (including phenoxy) is 7. The number of fused-ring (bicyclic) bond motifs is 1. The Hall–Kier alpha value is -3.12. The van der Waals surface area contributed by atoms with Gasteiger partial charge >= 0.3 is 18.2 Å². The molecule has 380 valence electrons. The van der Waals surface area contributed by atoms with Gasteiger partial charge in [0.1, 0.15) is 24.9 Å². The minimum Gasteiger partial charge on any atom is -0.457 e. The van der Waals surface area contributed by atoms with Gasteiger partial charge in [0, 0.05) is 58.3 Å². The number of methoxy groups -OCH3 is 1. The monoisotopic (exact) mass is 959 g/mol. The second kappa shape index (κ2) is 22.3. The Balaban J connectivity index is 1.47. The maximum absolute atomic E-state index is 15.1. The molecule has 15 nitrogen and oxygen atoms in total. The molecule has 4 aliphatic rings. The third-order valence-corrected chi connectivity index (χ3v) is 16.9. The van der Waals surface area contributed by atoms with Gasteiger partial charge < -0.3 is 47.9 Å². The molecule has 0 radical (unpaired) electrons. The van der Waals surface area contributed by atoms with E-state index in [1.165, 1.54) is 0 Å². The van der Waals surface area contributed by atoms with Crippen LogP contribution in [0.5, 0.6) is 0 Å². The summed E-state index contributed by atoms with van der Waals surface area (Å²) < 4.78 is 45.3. The van der Waals surface area contributed by atoms with Crippen molar-refractivity contribution in [2.75, 3.05) is 54.7 Å². The number of rotatable bonds is 15. The van der Waals surface area contributed by atoms with E-state index in [9.17, 15) is 14.4 Å². The first-order chi connectivity index (χ1) is 31.3. The Morgan fingerprint density at radius 3 is 2.22 bits per heavy atom. The van der Waals surface area contributed by atoms with Crippen LogP contribution >= 0.6 is 0 Å². The van der Waals surface area contributed by atoms with Crippen molar-refractivity contribution in [3.05, 3.63) is 35.9 Å². The molecule has 12 atom stereocenters. The molecule has 1 unspecified atom stereocenters. The fraction of sp³-hybridized carbons (Fsp3) is 0.804. The summed E-state index contributed by atoms with van der Waals surface area (Å²) in [5.41, 5.74) is -3.03. The average molecular weight is 959 g/mol. The standard InChI is InChI=1S/C51H86N4O11Si/c1-17-41-51(9)42(55(48(59)66-51)32-61-25-26-67(14,15)16)36(5)53(12)29-33(2)28-50(8,60-13)44(35(4)43(56)49(6,7)46(57)64-41)65-45-34(3)40(52(10)11)27-39(63-45)30-54(38-23-24-38)47(58)62-31-37-21-19-18-20-22-37/h18-22,33-36,38-42,44-45H,17,23-32H2,1-16H3/t33-,34-,35+,36-,39+,40?,41-,42-,44-,45+,50-,51-/m1/s1. The molecule has 3 aliphatic heterocycles. The first-order valence-corrected chi connectivity index (χ1v) is 28.5. The zero-order valence-corrected chi connectivity index (χ0v) is 44.8. The fourth-order valence-corrected chi connectivity index (χ4v) is 11.5. The van der Waals surface area contributed by atoms with Gasteiger partial charge in [-0.05, 0) is 105 Å². The van der Waals surface area contributed by atoms with Crippen LogP contribution < -0.4 is 0 Å². The highest BCUT2D eigenvalue weighted by Crippen LogP contribution is 2.43. The number of nitrogens with zero attached hydrogens (tertiary/aromatic N) is 4.